The third-order valence-corrected chi connectivity index (χ3v) is 5.51. The molecule has 5 heteroatoms. The number of cyclic esters (lactones) is 1. The minimum atomic E-state index is -0.296. The number of carbonyl (C=O) groups is 2. The van der Waals surface area contributed by atoms with Gasteiger partial charge in [0.2, 0.25) is 0 Å². The Hall–Kier alpha value is -1.36. The highest BCUT2D eigenvalue weighted by molar-refractivity contribution is 5.91. The first kappa shape index (κ1) is 12.4. The van der Waals surface area contributed by atoms with Crippen LogP contribution in [0.3, 0.4) is 0 Å². The Bertz CT molecular complexity index is 506. The molecule has 3 heterocycles. The molecule has 1 saturated carbocycles. The second-order valence-corrected chi connectivity index (χ2v) is 6.48. The van der Waals surface area contributed by atoms with Crippen molar-refractivity contribution in [2.24, 2.45) is 17.8 Å². The highest BCUT2D eigenvalue weighted by Crippen LogP contribution is 2.55. The van der Waals surface area contributed by atoms with Crippen LogP contribution in [0.2, 0.25) is 0 Å². The smallest absolute Gasteiger partial charge is 0.334 e. The molecule has 0 aromatic carbocycles. The molecule has 0 amide bonds. The standard InChI is InChI=1S/C15H18O5/c1-7-9-3-4-15(6-18-15)10-5-11(16)19-8(2)12(10)13(9)20-14(7)17/h8-10,12-13H,1,3-6H2,2H3/t8-,9-,10+,12-,13-,15?/m0/s1. The summed E-state index contributed by atoms with van der Waals surface area (Å²) in [5, 5.41) is 0. The summed E-state index contributed by atoms with van der Waals surface area (Å²) in [7, 11) is 0. The molecule has 1 unspecified atom stereocenters. The molecule has 4 rings (SSSR count). The lowest BCUT2D eigenvalue weighted by molar-refractivity contribution is -0.173. The van der Waals surface area contributed by atoms with Crippen LogP contribution in [0.5, 0.6) is 0 Å². The summed E-state index contributed by atoms with van der Waals surface area (Å²) in [5.41, 5.74) is 0.366. The van der Waals surface area contributed by atoms with Crippen molar-refractivity contribution in [3.63, 3.8) is 0 Å². The van der Waals surface area contributed by atoms with Crippen molar-refractivity contribution < 1.29 is 23.8 Å². The summed E-state index contributed by atoms with van der Waals surface area (Å²) in [6.45, 7) is 6.48. The lowest BCUT2D eigenvalue weighted by atomic mass is 9.72. The fourth-order valence-corrected chi connectivity index (χ4v) is 4.36. The van der Waals surface area contributed by atoms with E-state index in [1.807, 2.05) is 6.92 Å². The largest absolute Gasteiger partial charge is 0.462 e. The van der Waals surface area contributed by atoms with Crippen molar-refractivity contribution in [1.82, 2.24) is 0 Å². The van der Waals surface area contributed by atoms with Crippen LogP contribution >= 0.6 is 0 Å². The Morgan fingerprint density at radius 2 is 2.05 bits per heavy atom. The van der Waals surface area contributed by atoms with Crippen LogP contribution in [0.15, 0.2) is 12.2 Å². The van der Waals surface area contributed by atoms with Crippen molar-refractivity contribution >= 4 is 11.9 Å². The zero-order chi connectivity index (χ0) is 14.1. The summed E-state index contributed by atoms with van der Waals surface area (Å²) in [4.78, 5) is 23.6. The number of carbonyl (C=O) groups excluding carboxylic acids is 2. The molecule has 0 bridgehead atoms. The van der Waals surface area contributed by atoms with Crippen molar-refractivity contribution in [3.8, 4) is 0 Å². The van der Waals surface area contributed by atoms with Crippen molar-refractivity contribution in [2.45, 2.75) is 44.0 Å². The van der Waals surface area contributed by atoms with E-state index in [1.165, 1.54) is 0 Å². The molecular formula is C15H18O5. The second-order valence-electron chi connectivity index (χ2n) is 6.48. The van der Waals surface area contributed by atoms with Gasteiger partial charge < -0.3 is 14.2 Å². The van der Waals surface area contributed by atoms with Crippen LogP contribution in [0, 0.1) is 17.8 Å². The van der Waals surface area contributed by atoms with Crippen LogP contribution in [0.4, 0.5) is 0 Å². The molecule has 0 aromatic rings. The van der Waals surface area contributed by atoms with Gasteiger partial charge in [0.25, 0.3) is 0 Å². The molecule has 3 aliphatic heterocycles. The first-order valence-corrected chi connectivity index (χ1v) is 7.25. The third-order valence-electron chi connectivity index (χ3n) is 5.51. The number of ether oxygens (including phenoxy) is 3. The second kappa shape index (κ2) is 3.85. The summed E-state index contributed by atoms with van der Waals surface area (Å²) in [6.07, 6.45) is 1.61. The van der Waals surface area contributed by atoms with E-state index in [-0.39, 0.29) is 47.5 Å². The number of fused-ring (bicyclic) bond motifs is 4. The molecule has 1 spiro atoms. The third kappa shape index (κ3) is 1.53. The van der Waals surface area contributed by atoms with Gasteiger partial charge in [-0.05, 0) is 19.8 Å². The number of epoxide rings is 1. The Labute approximate surface area is 117 Å². The van der Waals surface area contributed by atoms with E-state index in [2.05, 4.69) is 6.58 Å². The van der Waals surface area contributed by atoms with Gasteiger partial charge in [0.15, 0.2) is 0 Å². The summed E-state index contributed by atoms with van der Waals surface area (Å²) >= 11 is 0. The summed E-state index contributed by atoms with van der Waals surface area (Å²) < 4.78 is 16.7. The molecule has 108 valence electrons. The SMILES string of the molecule is C=C1C(=O)O[C@@H]2[C@H]3[C@H](C)OC(=O)C[C@H]3C3(CC[C@@H]12)CO3. The monoisotopic (exact) mass is 278 g/mol. The van der Waals surface area contributed by atoms with Gasteiger partial charge >= 0.3 is 11.9 Å². The molecule has 1 aliphatic carbocycles. The molecule has 0 radical (unpaired) electrons. The van der Waals surface area contributed by atoms with Gasteiger partial charge in [-0.25, -0.2) is 4.79 Å². The van der Waals surface area contributed by atoms with Gasteiger partial charge in [0.05, 0.1) is 18.6 Å². The zero-order valence-electron chi connectivity index (χ0n) is 11.5. The van der Waals surface area contributed by atoms with Crippen LogP contribution in [0.1, 0.15) is 26.2 Å². The minimum Gasteiger partial charge on any atom is -0.462 e. The molecule has 4 aliphatic rings. The molecule has 5 nitrogen and oxygen atoms in total. The molecule has 20 heavy (non-hydrogen) atoms. The Kier molecular flexibility index (Phi) is 2.38. The number of hydrogen-bond donors (Lipinski definition) is 0. The Balaban J connectivity index is 1.75. The predicted octanol–water partition coefficient (Wildman–Crippen LogP) is 1.21. The summed E-state index contributed by atoms with van der Waals surface area (Å²) in [6, 6.07) is 0. The van der Waals surface area contributed by atoms with Crippen molar-refractivity contribution in [1.29, 1.82) is 0 Å². The Morgan fingerprint density at radius 1 is 1.30 bits per heavy atom. The Morgan fingerprint density at radius 3 is 2.75 bits per heavy atom. The molecule has 3 saturated heterocycles. The first-order chi connectivity index (χ1) is 9.52. The molecule has 6 atom stereocenters. The van der Waals surface area contributed by atoms with E-state index in [4.69, 9.17) is 14.2 Å². The predicted molar refractivity (Wildman–Crippen MR) is 67.6 cm³/mol. The number of esters is 2. The quantitative estimate of drug-likeness (QED) is 0.378. The van der Waals surface area contributed by atoms with E-state index in [0.29, 0.717) is 18.6 Å². The summed E-state index contributed by atoms with van der Waals surface area (Å²) in [5.74, 6) is -0.318. The fourth-order valence-electron chi connectivity index (χ4n) is 4.36. The molecule has 4 fully saturated rings. The zero-order valence-corrected chi connectivity index (χ0v) is 11.5. The van der Waals surface area contributed by atoms with Crippen molar-refractivity contribution in [3.05, 3.63) is 12.2 Å². The van der Waals surface area contributed by atoms with Gasteiger partial charge in [0.1, 0.15) is 12.2 Å². The van der Waals surface area contributed by atoms with Gasteiger partial charge in [-0.1, -0.05) is 6.58 Å². The highest BCUT2D eigenvalue weighted by Gasteiger charge is 2.63. The van der Waals surface area contributed by atoms with E-state index in [1.54, 1.807) is 0 Å². The van der Waals surface area contributed by atoms with E-state index >= 15 is 0 Å². The number of rotatable bonds is 0. The average molecular weight is 278 g/mol. The maximum atomic E-state index is 11.8. The maximum absolute atomic E-state index is 11.8. The normalized spacial score (nSPS) is 50.0. The first-order valence-electron chi connectivity index (χ1n) is 7.25. The van der Waals surface area contributed by atoms with E-state index in [9.17, 15) is 9.59 Å². The van der Waals surface area contributed by atoms with Crippen LogP contribution in [-0.2, 0) is 23.8 Å². The van der Waals surface area contributed by atoms with Crippen LogP contribution in [0.25, 0.3) is 0 Å². The average Bonchev–Trinajstić information content (AvgIpc) is 3.13. The lowest BCUT2D eigenvalue weighted by Crippen LogP contribution is -2.49. The van der Waals surface area contributed by atoms with Gasteiger partial charge in [0, 0.05) is 23.3 Å². The molecule has 0 aromatic heterocycles. The highest BCUT2D eigenvalue weighted by atomic mass is 16.6. The lowest BCUT2D eigenvalue weighted by Gasteiger charge is -2.40. The van der Waals surface area contributed by atoms with Gasteiger partial charge in [-0.2, -0.15) is 0 Å². The van der Waals surface area contributed by atoms with Gasteiger partial charge in [-0.3, -0.25) is 4.79 Å². The van der Waals surface area contributed by atoms with Gasteiger partial charge in [-0.15, -0.1) is 0 Å². The minimum absolute atomic E-state index is 0.0194. The fraction of sp³-hybridized carbons (Fsp3) is 0.733. The maximum Gasteiger partial charge on any atom is 0.334 e. The van der Waals surface area contributed by atoms with Crippen molar-refractivity contribution in [2.75, 3.05) is 6.61 Å². The van der Waals surface area contributed by atoms with E-state index < -0.39 is 0 Å². The molecule has 0 N–H and O–H groups in total. The van der Waals surface area contributed by atoms with E-state index in [0.717, 1.165) is 12.8 Å². The topological polar surface area (TPSA) is 65.1 Å². The number of hydrogen-bond acceptors (Lipinski definition) is 5. The van der Waals surface area contributed by atoms with Crippen LogP contribution < -0.4 is 0 Å². The van der Waals surface area contributed by atoms with Crippen LogP contribution in [-0.4, -0.2) is 36.4 Å². The molecular weight excluding hydrogens is 260 g/mol.